The number of nitriles is 1. The van der Waals surface area contributed by atoms with Crippen LogP contribution in [-0.4, -0.2) is 24.3 Å². The predicted molar refractivity (Wildman–Crippen MR) is 104 cm³/mol. The third-order valence-electron chi connectivity index (χ3n) is 5.03. The zero-order valence-corrected chi connectivity index (χ0v) is 15.1. The van der Waals surface area contributed by atoms with Crippen LogP contribution in [-0.2, 0) is 27.2 Å². The normalized spacial score (nSPS) is 14.7. The summed E-state index contributed by atoms with van der Waals surface area (Å²) in [6.07, 6.45) is 2.79. The van der Waals surface area contributed by atoms with Crippen LogP contribution in [0.4, 0.5) is 17.1 Å². The lowest BCUT2D eigenvalue weighted by atomic mass is 9.91. The van der Waals surface area contributed by atoms with Gasteiger partial charge in [0.25, 0.3) is 0 Å². The van der Waals surface area contributed by atoms with E-state index in [2.05, 4.69) is 10.6 Å². The van der Waals surface area contributed by atoms with Crippen molar-refractivity contribution in [2.45, 2.75) is 25.7 Å². The Morgan fingerprint density at radius 2 is 1.71 bits per heavy atom. The van der Waals surface area contributed by atoms with Gasteiger partial charge in [0.05, 0.1) is 16.9 Å². The fourth-order valence-electron chi connectivity index (χ4n) is 3.78. The highest BCUT2D eigenvalue weighted by Crippen LogP contribution is 2.37. The second kappa shape index (κ2) is 7.16. The van der Waals surface area contributed by atoms with Crippen LogP contribution in [0.2, 0.25) is 0 Å². The molecule has 2 aliphatic heterocycles. The molecule has 0 fully saturated rings. The highest BCUT2D eigenvalue weighted by molar-refractivity contribution is 6.43. The van der Waals surface area contributed by atoms with Crippen LogP contribution in [0.5, 0.6) is 0 Å². The number of nitrogens with one attached hydrogen (secondary N) is 2. The third kappa shape index (κ3) is 3.21. The van der Waals surface area contributed by atoms with E-state index in [1.165, 1.54) is 0 Å². The molecule has 3 amide bonds. The van der Waals surface area contributed by atoms with Crippen molar-refractivity contribution in [3.05, 3.63) is 53.1 Å². The number of para-hydroxylation sites is 1. The molecular formula is C21H18N4O3. The minimum atomic E-state index is -0.842. The number of benzene rings is 2. The van der Waals surface area contributed by atoms with Gasteiger partial charge in [-0.3, -0.25) is 14.4 Å². The first-order valence-electron chi connectivity index (χ1n) is 9.14. The van der Waals surface area contributed by atoms with Crippen LogP contribution >= 0.6 is 0 Å². The first-order valence-corrected chi connectivity index (χ1v) is 9.14. The molecule has 2 aromatic rings. The number of rotatable bonds is 2. The monoisotopic (exact) mass is 374 g/mol. The maximum Gasteiger partial charge on any atom is 0.314 e. The summed E-state index contributed by atoms with van der Waals surface area (Å²) < 4.78 is 0. The highest BCUT2D eigenvalue weighted by atomic mass is 16.2. The summed E-state index contributed by atoms with van der Waals surface area (Å²) >= 11 is 0. The Morgan fingerprint density at radius 1 is 1.00 bits per heavy atom. The van der Waals surface area contributed by atoms with Crippen molar-refractivity contribution in [2.24, 2.45) is 0 Å². The van der Waals surface area contributed by atoms with E-state index in [1.54, 1.807) is 24.3 Å². The molecule has 0 spiro atoms. The lowest BCUT2D eigenvalue weighted by molar-refractivity contribution is -0.133. The summed E-state index contributed by atoms with van der Waals surface area (Å²) in [5, 5.41) is 14.2. The summed E-state index contributed by atoms with van der Waals surface area (Å²) in [5.74, 6) is -1.51. The first-order chi connectivity index (χ1) is 13.6. The van der Waals surface area contributed by atoms with Crippen molar-refractivity contribution in [2.75, 3.05) is 22.1 Å². The summed E-state index contributed by atoms with van der Waals surface area (Å²) in [5.41, 5.74) is 4.11. The van der Waals surface area contributed by atoms with Crippen LogP contribution < -0.4 is 15.5 Å². The Balaban J connectivity index is 1.53. The number of aryl methyl sites for hydroxylation is 2. The SMILES string of the molecule is N#Cc1ccccc1NC(=O)C(=O)Nc1cc2c3c(c1)CCC(=O)N3CCC2. The Hall–Kier alpha value is -3.66. The number of carbonyl (C=O) groups is 3. The van der Waals surface area contributed by atoms with E-state index in [4.69, 9.17) is 5.26 Å². The molecule has 0 aromatic heterocycles. The van der Waals surface area contributed by atoms with Gasteiger partial charge in [-0.25, -0.2) is 0 Å². The molecule has 2 N–H and O–H groups in total. The molecule has 7 heteroatoms. The van der Waals surface area contributed by atoms with Crippen molar-refractivity contribution < 1.29 is 14.4 Å². The van der Waals surface area contributed by atoms with Gasteiger partial charge in [0.15, 0.2) is 0 Å². The summed E-state index contributed by atoms with van der Waals surface area (Å²) in [7, 11) is 0. The van der Waals surface area contributed by atoms with E-state index in [-0.39, 0.29) is 11.5 Å². The van der Waals surface area contributed by atoms with Gasteiger partial charge < -0.3 is 15.5 Å². The van der Waals surface area contributed by atoms with Gasteiger partial charge >= 0.3 is 11.8 Å². The van der Waals surface area contributed by atoms with Crippen molar-refractivity contribution >= 4 is 34.8 Å². The molecule has 0 saturated heterocycles. The van der Waals surface area contributed by atoms with E-state index >= 15 is 0 Å². The number of hydrogen-bond acceptors (Lipinski definition) is 4. The summed E-state index contributed by atoms with van der Waals surface area (Å²) in [4.78, 5) is 38.6. The molecule has 2 heterocycles. The van der Waals surface area contributed by atoms with Gasteiger partial charge in [0.2, 0.25) is 5.91 Å². The minimum absolute atomic E-state index is 0.140. The standard InChI is InChI=1S/C21H18N4O3/c22-12-15-4-1-2-6-17(15)24-21(28)20(27)23-16-10-13-5-3-9-25-18(26)8-7-14(11-16)19(13)25/h1-2,4,6,10-11H,3,5,7-9H2,(H,23,27)(H,24,28). The van der Waals surface area contributed by atoms with Gasteiger partial charge in [0.1, 0.15) is 6.07 Å². The number of hydrogen-bond donors (Lipinski definition) is 2. The van der Waals surface area contributed by atoms with E-state index in [1.807, 2.05) is 23.1 Å². The van der Waals surface area contributed by atoms with Gasteiger partial charge in [-0.15, -0.1) is 0 Å². The number of amides is 3. The molecule has 0 bridgehead atoms. The molecule has 140 valence electrons. The average Bonchev–Trinajstić information content (AvgIpc) is 2.71. The lowest BCUT2D eigenvalue weighted by Crippen LogP contribution is -2.39. The summed E-state index contributed by atoms with van der Waals surface area (Å²) in [6, 6.07) is 12.1. The molecule has 2 aliphatic rings. The van der Waals surface area contributed by atoms with Crippen LogP contribution in [0.1, 0.15) is 29.5 Å². The molecule has 4 rings (SSSR count). The van der Waals surface area contributed by atoms with Gasteiger partial charge in [0, 0.05) is 18.7 Å². The van der Waals surface area contributed by atoms with Crippen LogP contribution in [0.15, 0.2) is 36.4 Å². The van der Waals surface area contributed by atoms with Gasteiger partial charge in [-0.1, -0.05) is 12.1 Å². The van der Waals surface area contributed by atoms with Crippen LogP contribution in [0, 0.1) is 11.3 Å². The predicted octanol–water partition coefficient (Wildman–Crippen LogP) is 2.36. The Kier molecular flexibility index (Phi) is 4.53. The number of anilines is 3. The Bertz CT molecular complexity index is 1020. The third-order valence-corrected chi connectivity index (χ3v) is 5.03. The first kappa shape index (κ1) is 17.7. The van der Waals surface area contributed by atoms with Crippen molar-refractivity contribution in [3.8, 4) is 6.07 Å². The minimum Gasteiger partial charge on any atom is -0.318 e. The van der Waals surface area contributed by atoms with Gasteiger partial charge in [-0.2, -0.15) is 5.26 Å². The molecule has 0 saturated carbocycles. The molecule has 28 heavy (non-hydrogen) atoms. The van der Waals surface area contributed by atoms with Crippen LogP contribution in [0.3, 0.4) is 0 Å². The number of nitrogens with zero attached hydrogens (tertiary/aromatic N) is 2. The molecule has 7 nitrogen and oxygen atoms in total. The molecule has 0 aliphatic carbocycles. The Morgan fingerprint density at radius 3 is 2.50 bits per heavy atom. The van der Waals surface area contributed by atoms with E-state index < -0.39 is 11.8 Å². The van der Waals surface area contributed by atoms with E-state index in [0.717, 1.165) is 36.2 Å². The number of carbonyl (C=O) groups excluding carboxylic acids is 3. The zero-order chi connectivity index (χ0) is 19.7. The van der Waals surface area contributed by atoms with Crippen molar-refractivity contribution in [3.63, 3.8) is 0 Å². The van der Waals surface area contributed by atoms with E-state index in [0.29, 0.717) is 24.2 Å². The topological polar surface area (TPSA) is 102 Å². The lowest BCUT2D eigenvalue weighted by Gasteiger charge is -2.35. The van der Waals surface area contributed by atoms with Gasteiger partial charge in [-0.05, 0) is 54.7 Å². The summed E-state index contributed by atoms with van der Waals surface area (Å²) in [6.45, 7) is 0.727. The molecule has 0 radical (unpaired) electrons. The molecule has 0 atom stereocenters. The Labute approximate surface area is 161 Å². The fourth-order valence-corrected chi connectivity index (χ4v) is 3.78. The van der Waals surface area contributed by atoms with Crippen molar-refractivity contribution in [1.82, 2.24) is 0 Å². The largest absolute Gasteiger partial charge is 0.318 e. The van der Waals surface area contributed by atoms with E-state index in [9.17, 15) is 14.4 Å². The smallest absolute Gasteiger partial charge is 0.314 e. The van der Waals surface area contributed by atoms with Crippen molar-refractivity contribution in [1.29, 1.82) is 5.26 Å². The zero-order valence-electron chi connectivity index (χ0n) is 15.1. The highest BCUT2D eigenvalue weighted by Gasteiger charge is 2.30. The van der Waals surface area contributed by atoms with Crippen LogP contribution in [0.25, 0.3) is 0 Å². The second-order valence-corrected chi connectivity index (χ2v) is 6.86. The molecule has 0 unspecified atom stereocenters. The maximum absolute atomic E-state index is 12.3. The second-order valence-electron chi connectivity index (χ2n) is 6.86. The average molecular weight is 374 g/mol. The quantitative estimate of drug-likeness (QED) is 0.788. The maximum atomic E-state index is 12.3. The molecule has 2 aromatic carbocycles. The fraction of sp³-hybridized carbons (Fsp3) is 0.238. The molecular weight excluding hydrogens is 356 g/mol.